The van der Waals surface area contributed by atoms with Crippen molar-refractivity contribution >= 4 is 28.5 Å². The summed E-state index contributed by atoms with van der Waals surface area (Å²) >= 11 is 0. The number of carboxylic acid groups (broad SMARTS) is 2. The van der Waals surface area contributed by atoms with E-state index in [1.807, 2.05) is 0 Å². The zero-order valence-electron chi connectivity index (χ0n) is 11.9. The van der Waals surface area contributed by atoms with Crippen molar-refractivity contribution in [3.63, 3.8) is 0 Å². The molecule has 2 heterocycles. The molecular weight excluding hydrogens is 284 g/mol. The normalized spacial score (nSPS) is 18.4. The van der Waals surface area contributed by atoms with Gasteiger partial charge >= 0.3 is 11.9 Å². The lowest BCUT2D eigenvalue weighted by Gasteiger charge is -2.34. The van der Waals surface area contributed by atoms with Gasteiger partial charge in [0.1, 0.15) is 11.9 Å². The number of rotatable bonds is 3. The molecule has 2 N–H and O–H groups in total. The highest BCUT2D eigenvalue weighted by molar-refractivity contribution is 6.07. The second kappa shape index (κ2) is 5.63. The van der Waals surface area contributed by atoms with E-state index in [0.29, 0.717) is 29.6 Å². The Balaban J connectivity index is 2.16. The minimum atomic E-state index is -1.00. The monoisotopic (exact) mass is 300 g/mol. The lowest BCUT2D eigenvalue weighted by Crippen LogP contribution is -2.45. The fraction of sp³-hybridized carbons (Fsp3) is 0.312. The smallest absolute Gasteiger partial charge is 0.336 e. The van der Waals surface area contributed by atoms with Gasteiger partial charge in [-0.3, -0.25) is 0 Å². The minimum absolute atomic E-state index is 0.199. The van der Waals surface area contributed by atoms with Crippen molar-refractivity contribution in [2.75, 3.05) is 11.4 Å². The molecule has 2 aromatic rings. The van der Waals surface area contributed by atoms with Crippen LogP contribution in [0.2, 0.25) is 0 Å². The fourth-order valence-corrected chi connectivity index (χ4v) is 3.05. The number of aromatic nitrogens is 1. The number of carbonyl (C=O) groups is 2. The van der Waals surface area contributed by atoms with Gasteiger partial charge in [-0.15, -0.1) is 0 Å². The molecule has 1 aliphatic rings. The molecule has 1 atom stereocenters. The van der Waals surface area contributed by atoms with Gasteiger partial charge in [0, 0.05) is 23.5 Å². The van der Waals surface area contributed by atoms with E-state index in [2.05, 4.69) is 4.98 Å². The van der Waals surface area contributed by atoms with Gasteiger partial charge in [0.2, 0.25) is 0 Å². The van der Waals surface area contributed by atoms with Crippen LogP contribution in [0.4, 0.5) is 5.82 Å². The van der Waals surface area contributed by atoms with Gasteiger partial charge in [0.15, 0.2) is 0 Å². The zero-order valence-corrected chi connectivity index (χ0v) is 11.9. The molecule has 0 bridgehead atoms. The van der Waals surface area contributed by atoms with Gasteiger partial charge in [0.05, 0.1) is 5.56 Å². The molecule has 22 heavy (non-hydrogen) atoms. The van der Waals surface area contributed by atoms with Crippen LogP contribution in [0, 0.1) is 0 Å². The maximum absolute atomic E-state index is 11.5. The molecule has 0 radical (unpaired) electrons. The average Bonchev–Trinajstić information content (AvgIpc) is 2.53. The molecule has 0 saturated carbocycles. The van der Waals surface area contributed by atoms with Crippen LogP contribution in [0.5, 0.6) is 0 Å². The zero-order chi connectivity index (χ0) is 15.7. The first-order valence-electron chi connectivity index (χ1n) is 7.20. The molecular formula is C16H16N2O4. The van der Waals surface area contributed by atoms with Gasteiger partial charge in [-0.05, 0) is 31.4 Å². The molecule has 6 heteroatoms. The first-order valence-corrected chi connectivity index (χ1v) is 7.20. The second-order valence-electron chi connectivity index (χ2n) is 5.38. The largest absolute Gasteiger partial charge is 0.480 e. The van der Waals surface area contributed by atoms with Gasteiger partial charge in [-0.1, -0.05) is 12.1 Å². The van der Waals surface area contributed by atoms with E-state index >= 15 is 0 Å². The van der Waals surface area contributed by atoms with E-state index in [4.69, 9.17) is 0 Å². The molecule has 1 aromatic heterocycles. The number of carboxylic acids is 2. The first-order chi connectivity index (χ1) is 10.6. The molecule has 0 aliphatic carbocycles. The summed E-state index contributed by atoms with van der Waals surface area (Å²) < 4.78 is 0. The standard InChI is InChI=1S/C16H16N2O4/c19-15(20)12-5-3-4-11-10(12)7-8-17-14(11)18-9-2-1-6-13(18)16(21)22/h3-5,7-8,13H,1-2,6,9H2,(H,19,20)(H,21,22). The number of benzene rings is 1. The Hall–Kier alpha value is -2.63. The Morgan fingerprint density at radius 3 is 2.68 bits per heavy atom. The quantitative estimate of drug-likeness (QED) is 0.904. The number of pyridine rings is 1. The van der Waals surface area contributed by atoms with Crippen molar-refractivity contribution in [1.29, 1.82) is 0 Å². The lowest BCUT2D eigenvalue weighted by molar-refractivity contribution is -0.139. The van der Waals surface area contributed by atoms with Crippen molar-refractivity contribution in [2.24, 2.45) is 0 Å². The SMILES string of the molecule is O=C(O)c1cccc2c(N3CCCCC3C(=O)O)nccc12. The molecule has 0 spiro atoms. The topological polar surface area (TPSA) is 90.7 Å². The lowest BCUT2D eigenvalue weighted by atomic mass is 10.00. The third-order valence-corrected chi connectivity index (χ3v) is 4.08. The molecule has 1 saturated heterocycles. The number of fused-ring (bicyclic) bond motifs is 1. The summed E-state index contributed by atoms with van der Waals surface area (Å²) in [5.41, 5.74) is 0.199. The van der Waals surface area contributed by atoms with Crippen LogP contribution >= 0.6 is 0 Å². The van der Waals surface area contributed by atoms with E-state index in [1.165, 1.54) is 6.20 Å². The summed E-state index contributed by atoms with van der Waals surface area (Å²) in [5, 5.41) is 20.0. The van der Waals surface area contributed by atoms with Crippen LogP contribution in [-0.4, -0.2) is 39.7 Å². The summed E-state index contributed by atoms with van der Waals surface area (Å²) in [7, 11) is 0. The molecule has 114 valence electrons. The molecule has 0 amide bonds. The Morgan fingerprint density at radius 1 is 1.14 bits per heavy atom. The van der Waals surface area contributed by atoms with Crippen LogP contribution in [0.1, 0.15) is 29.6 Å². The third kappa shape index (κ3) is 2.36. The van der Waals surface area contributed by atoms with Gasteiger partial charge in [-0.2, -0.15) is 0 Å². The summed E-state index contributed by atoms with van der Waals surface area (Å²) in [6, 6.07) is 6.04. The summed E-state index contributed by atoms with van der Waals surface area (Å²) in [6.07, 6.45) is 3.89. The summed E-state index contributed by atoms with van der Waals surface area (Å²) in [4.78, 5) is 28.9. The minimum Gasteiger partial charge on any atom is -0.480 e. The van der Waals surface area contributed by atoms with E-state index in [-0.39, 0.29) is 5.56 Å². The van der Waals surface area contributed by atoms with Gasteiger partial charge < -0.3 is 15.1 Å². The van der Waals surface area contributed by atoms with Crippen LogP contribution in [0.3, 0.4) is 0 Å². The van der Waals surface area contributed by atoms with Crippen LogP contribution < -0.4 is 4.90 Å². The van der Waals surface area contributed by atoms with E-state index in [1.54, 1.807) is 29.2 Å². The molecule has 3 rings (SSSR count). The van der Waals surface area contributed by atoms with Crippen LogP contribution in [0.15, 0.2) is 30.5 Å². The Bertz CT molecular complexity index is 744. The van der Waals surface area contributed by atoms with Crippen molar-refractivity contribution < 1.29 is 19.8 Å². The van der Waals surface area contributed by atoms with Gasteiger partial charge in [-0.25, -0.2) is 14.6 Å². The number of hydrogen-bond acceptors (Lipinski definition) is 4. The number of piperidine rings is 1. The maximum atomic E-state index is 11.5. The highest BCUT2D eigenvalue weighted by Gasteiger charge is 2.30. The van der Waals surface area contributed by atoms with Crippen molar-refractivity contribution in [3.05, 3.63) is 36.0 Å². The molecule has 1 aliphatic heterocycles. The maximum Gasteiger partial charge on any atom is 0.336 e. The predicted molar refractivity (Wildman–Crippen MR) is 81.3 cm³/mol. The van der Waals surface area contributed by atoms with Crippen molar-refractivity contribution in [2.45, 2.75) is 25.3 Å². The Kier molecular flexibility index (Phi) is 3.66. The van der Waals surface area contributed by atoms with Gasteiger partial charge in [0.25, 0.3) is 0 Å². The van der Waals surface area contributed by atoms with Crippen molar-refractivity contribution in [1.82, 2.24) is 4.98 Å². The number of anilines is 1. The third-order valence-electron chi connectivity index (χ3n) is 4.08. The Labute approximate surface area is 127 Å². The number of aromatic carboxylic acids is 1. The molecule has 1 fully saturated rings. The van der Waals surface area contributed by atoms with Crippen molar-refractivity contribution in [3.8, 4) is 0 Å². The molecule has 1 unspecified atom stereocenters. The van der Waals surface area contributed by atoms with E-state index < -0.39 is 18.0 Å². The predicted octanol–water partition coefficient (Wildman–Crippen LogP) is 2.38. The van der Waals surface area contributed by atoms with Crippen LogP contribution in [0.25, 0.3) is 10.8 Å². The second-order valence-corrected chi connectivity index (χ2v) is 5.38. The highest BCUT2D eigenvalue weighted by Crippen LogP contribution is 2.31. The average molecular weight is 300 g/mol. The summed E-state index contributed by atoms with van der Waals surface area (Å²) in [5.74, 6) is -1.32. The fourth-order valence-electron chi connectivity index (χ4n) is 3.05. The summed E-state index contributed by atoms with van der Waals surface area (Å²) in [6.45, 7) is 0.611. The highest BCUT2D eigenvalue weighted by atomic mass is 16.4. The number of nitrogens with zero attached hydrogens (tertiary/aromatic N) is 2. The number of hydrogen-bond donors (Lipinski definition) is 2. The Morgan fingerprint density at radius 2 is 1.95 bits per heavy atom. The van der Waals surface area contributed by atoms with E-state index in [9.17, 15) is 19.8 Å². The van der Waals surface area contributed by atoms with E-state index in [0.717, 1.165) is 12.8 Å². The molecule has 6 nitrogen and oxygen atoms in total. The first kappa shape index (κ1) is 14.3. The van der Waals surface area contributed by atoms with Crippen LogP contribution in [-0.2, 0) is 4.79 Å². The molecule has 1 aromatic carbocycles. The number of aliphatic carboxylic acids is 1.